The molecule has 1 rings (SSSR count). The van der Waals surface area contributed by atoms with Crippen LogP contribution in [0.15, 0.2) is 30.2 Å². The molecule has 1 atom stereocenters. The Morgan fingerprint density at radius 2 is 2.53 bits per heavy atom. The molecule has 0 aliphatic rings. The molecule has 1 aromatic rings. The van der Waals surface area contributed by atoms with Crippen molar-refractivity contribution in [1.82, 2.24) is 5.32 Å². The van der Waals surface area contributed by atoms with Crippen molar-refractivity contribution in [3.63, 3.8) is 0 Å². The quantitative estimate of drug-likeness (QED) is 0.726. The molecule has 0 aromatic carbocycles. The molecule has 1 unspecified atom stereocenters. The van der Waals surface area contributed by atoms with E-state index in [-0.39, 0.29) is 5.91 Å². The monoisotopic (exact) mass is 225 g/mol. The van der Waals surface area contributed by atoms with Crippen LogP contribution in [0.4, 0.5) is 0 Å². The summed E-state index contributed by atoms with van der Waals surface area (Å²) in [5, 5.41) is 14.3. The zero-order valence-electron chi connectivity index (χ0n) is 8.48. The summed E-state index contributed by atoms with van der Waals surface area (Å²) in [7, 11) is 0. The van der Waals surface area contributed by atoms with E-state index in [1.165, 1.54) is 11.3 Å². The zero-order valence-corrected chi connectivity index (χ0v) is 9.30. The second kappa shape index (κ2) is 6.37. The molecule has 1 aromatic heterocycles. The van der Waals surface area contributed by atoms with E-state index >= 15 is 0 Å². The molecule has 1 heterocycles. The third-order valence-corrected chi connectivity index (χ3v) is 2.93. The van der Waals surface area contributed by atoms with Gasteiger partial charge in [-0.3, -0.25) is 4.79 Å². The predicted molar refractivity (Wildman–Crippen MR) is 61.7 cm³/mol. The summed E-state index contributed by atoms with van der Waals surface area (Å²) >= 11 is 1.50. The third-order valence-electron chi connectivity index (χ3n) is 1.96. The van der Waals surface area contributed by atoms with Crippen LogP contribution in [-0.2, 0) is 4.79 Å². The Bertz CT molecular complexity index is 308. The first-order valence-electron chi connectivity index (χ1n) is 4.83. The first-order chi connectivity index (χ1) is 7.24. The van der Waals surface area contributed by atoms with E-state index < -0.39 is 6.10 Å². The van der Waals surface area contributed by atoms with Gasteiger partial charge in [-0.15, -0.1) is 17.9 Å². The van der Waals surface area contributed by atoms with Crippen LogP contribution >= 0.6 is 11.3 Å². The molecule has 3 nitrogen and oxygen atoms in total. The zero-order chi connectivity index (χ0) is 11.1. The lowest BCUT2D eigenvalue weighted by Crippen LogP contribution is -2.23. The number of rotatable bonds is 6. The highest BCUT2D eigenvalue weighted by Gasteiger charge is 2.10. The number of thiophene rings is 1. The van der Waals surface area contributed by atoms with Crippen LogP contribution < -0.4 is 5.32 Å². The van der Waals surface area contributed by atoms with Crippen molar-refractivity contribution in [2.75, 3.05) is 6.54 Å². The normalized spacial score (nSPS) is 12.1. The standard InChI is InChI=1S/C11H15NO2S/c1-2-7-12-11(14)6-5-9(13)10-4-3-8-15-10/h2-4,8-9,13H,1,5-7H2,(H,12,14). The number of hydrogen-bond acceptors (Lipinski definition) is 3. The van der Waals surface area contributed by atoms with E-state index in [0.29, 0.717) is 19.4 Å². The van der Waals surface area contributed by atoms with Gasteiger partial charge in [-0.25, -0.2) is 0 Å². The number of nitrogens with one attached hydrogen (secondary N) is 1. The molecule has 1 amide bonds. The molecule has 0 fully saturated rings. The summed E-state index contributed by atoms with van der Waals surface area (Å²) < 4.78 is 0. The number of aliphatic hydroxyl groups is 1. The van der Waals surface area contributed by atoms with Gasteiger partial charge in [-0.2, -0.15) is 0 Å². The minimum absolute atomic E-state index is 0.0505. The lowest BCUT2D eigenvalue weighted by Gasteiger charge is -2.07. The largest absolute Gasteiger partial charge is 0.388 e. The van der Waals surface area contributed by atoms with Crippen molar-refractivity contribution in [3.8, 4) is 0 Å². The smallest absolute Gasteiger partial charge is 0.220 e. The Labute approximate surface area is 93.4 Å². The van der Waals surface area contributed by atoms with Crippen LogP contribution in [0.1, 0.15) is 23.8 Å². The van der Waals surface area contributed by atoms with Gasteiger partial charge < -0.3 is 10.4 Å². The van der Waals surface area contributed by atoms with E-state index in [2.05, 4.69) is 11.9 Å². The highest BCUT2D eigenvalue weighted by molar-refractivity contribution is 7.10. The van der Waals surface area contributed by atoms with Crippen LogP contribution in [0, 0.1) is 0 Å². The molecular weight excluding hydrogens is 210 g/mol. The van der Waals surface area contributed by atoms with Crippen LogP contribution in [-0.4, -0.2) is 17.6 Å². The maximum atomic E-state index is 11.2. The van der Waals surface area contributed by atoms with E-state index in [1.807, 2.05) is 17.5 Å². The Balaban J connectivity index is 2.25. The Morgan fingerprint density at radius 3 is 3.13 bits per heavy atom. The lowest BCUT2D eigenvalue weighted by molar-refractivity contribution is -0.121. The molecule has 0 radical (unpaired) electrons. The van der Waals surface area contributed by atoms with Crippen LogP contribution in [0.25, 0.3) is 0 Å². The number of amides is 1. The second-order valence-corrected chi connectivity index (χ2v) is 4.14. The minimum atomic E-state index is -0.528. The van der Waals surface area contributed by atoms with Crippen LogP contribution in [0.3, 0.4) is 0 Å². The molecule has 0 saturated carbocycles. The fourth-order valence-corrected chi connectivity index (χ4v) is 1.91. The number of aliphatic hydroxyl groups excluding tert-OH is 1. The van der Waals surface area contributed by atoms with E-state index in [4.69, 9.17) is 0 Å². The number of carbonyl (C=O) groups is 1. The van der Waals surface area contributed by atoms with Crippen LogP contribution in [0.5, 0.6) is 0 Å². The van der Waals surface area contributed by atoms with Crippen molar-refractivity contribution < 1.29 is 9.90 Å². The van der Waals surface area contributed by atoms with E-state index in [9.17, 15) is 9.90 Å². The maximum absolute atomic E-state index is 11.2. The van der Waals surface area contributed by atoms with Crippen molar-refractivity contribution in [1.29, 1.82) is 0 Å². The first kappa shape index (κ1) is 11.9. The predicted octanol–water partition coefficient (Wildman–Crippen LogP) is 1.86. The van der Waals surface area contributed by atoms with Crippen molar-refractivity contribution >= 4 is 17.2 Å². The summed E-state index contributed by atoms with van der Waals surface area (Å²) in [5.41, 5.74) is 0. The summed E-state index contributed by atoms with van der Waals surface area (Å²) in [6, 6.07) is 3.76. The number of hydrogen-bond donors (Lipinski definition) is 2. The van der Waals surface area contributed by atoms with Crippen molar-refractivity contribution in [2.45, 2.75) is 18.9 Å². The Kier molecular flexibility index (Phi) is 5.07. The van der Waals surface area contributed by atoms with Gasteiger partial charge in [0.2, 0.25) is 5.91 Å². The highest BCUT2D eigenvalue weighted by atomic mass is 32.1. The van der Waals surface area contributed by atoms with Gasteiger partial charge in [0.15, 0.2) is 0 Å². The van der Waals surface area contributed by atoms with Gasteiger partial charge in [-0.05, 0) is 17.9 Å². The average Bonchev–Trinajstić information content (AvgIpc) is 2.76. The first-order valence-corrected chi connectivity index (χ1v) is 5.71. The third kappa shape index (κ3) is 4.27. The summed E-state index contributed by atoms with van der Waals surface area (Å²) in [6.07, 6.45) is 1.91. The molecule has 0 saturated heterocycles. The summed E-state index contributed by atoms with van der Waals surface area (Å²) in [5.74, 6) is -0.0505. The number of carbonyl (C=O) groups excluding carboxylic acids is 1. The van der Waals surface area contributed by atoms with Crippen molar-refractivity contribution in [2.24, 2.45) is 0 Å². The molecule has 0 spiro atoms. The van der Waals surface area contributed by atoms with Gasteiger partial charge >= 0.3 is 0 Å². The molecule has 15 heavy (non-hydrogen) atoms. The van der Waals surface area contributed by atoms with E-state index in [0.717, 1.165) is 4.88 Å². The second-order valence-electron chi connectivity index (χ2n) is 3.16. The molecular formula is C11H15NO2S. The fraction of sp³-hybridized carbons (Fsp3) is 0.364. The Hall–Kier alpha value is -1.13. The fourth-order valence-electron chi connectivity index (χ4n) is 1.17. The lowest BCUT2D eigenvalue weighted by atomic mass is 10.1. The average molecular weight is 225 g/mol. The van der Waals surface area contributed by atoms with Gasteiger partial charge in [0.25, 0.3) is 0 Å². The molecule has 0 aliphatic carbocycles. The van der Waals surface area contributed by atoms with Crippen LogP contribution in [0.2, 0.25) is 0 Å². The molecule has 0 bridgehead atoms. The molecule has 82 valence electrons. The summed E-state index contributed by atoms with van der Waals surface area (Å²) in [6.45, 7) is 3.99. The van der Waals surface area contributed by atoms with Crippen molar-refractivity contribution in [3.05, 3.63) is 35.0 Å². The maximum Gasteiger partial charge on any atom is 0.220 e. The van der Waals surface area contributed by atoms with Gasteiger partial charge in [0, 0.05) is 17.8 Å². The highest BCUT2D eigenvalue weighted by Crippen LogP contribution is 2.22. The van der Waals surface area contributed by atoms with Gasteiger partial charge in [-0.1, -0.05) is 12.1 Å². The minimum Gasteiger partial charge on any atom is -0.388 e. The molecule has 0 aliphatic heterocycles. The molecule has 4 heteroatoms. The Morgan fingerprint density at radius 1 is 1.73 bits per heavy atom. The topological polar surface area (TPSA) is 49.3 Å². The summed E-state index contributed by atoms with van der Waals surface area (Å²) in [4.78, 5) is 12.1. The molecule has 2 N–H and O–H groups in total. The SMILES string of the molecule is C=CCNC(=O)CCC(O)c1cccs1. The van der Waals surface area contributed by atoms with E-state index in [1.54, 1.807) is 6.08 Å². The van der Waals surface area contributed by atoms with Gasteiger partial charge in [0.1, 0.15) is 0 Å². The van der Waals surface area contributed by atoms with Gasteiger partial charge in [0.05, 0.1) is 6.10 Å².